The van der Waals surface area contributed by atoms with E-state index in [-0.39, 0.29) is 30.1 Å². The zero-order valence-electron chi connectivity index (χ0n) is 14.8. The summed E-state index contributed by atoms with van der Waals surface area (Å²) in [6.07, 6.45) is 1.42. The number of hydrogen-bond acceptors (Lipinski definition) is 3. The van der Waals surface area contributed by atoms with E-state index in [4.69, 9.17) is 0 Å². The van der Waals surface area contributed by atoms with Crippen molar-refractivity contribution in [1.82, 2.24) is 4.90 Å². The van der Waals surface area contributed by atoms with Crippen molar-refractivity contribution in [3.63, 3.8) is 0 Å². The van der Waals surface area contributed by atoms with Crippen LogP contribution in [0.2, 0.25) is 0 Å². The van der Waals surface area contributed by atoms with Crippen molar-refractivity contribution in [2.24, 2.45) is 5.92 Å². The molecule has 2 aromatic rings. The van der Waals surface area contributed by atoms with Crippen LogP contribution in [0.5, 0.6) is 0 Å². The molecule has 0 saturated carbocycles. The fraction of sp³-hybridized carbons (Fsp3) is 0.300. The second-order valence-corrected chi connectivity index (χ2v) is 7.52. The highest BCUT2D eigenvalue weighted by atomic mass is 79.9. The van der Waals surface area contributed by atoms with Gasteiger partial charge in [0.05, 0.1) is 6.54 Å². The Bertz CT molecular complexity index is 805. The number of likely N-dealkylation sites (tertiary alicyclic amines) is 1. The Morgan fingerprint density at radius 2 is 1.74 bits per heavy atom. The Balaban J connectivity index is 1.43. The summed E-state index contributed by atoms with van der Waals surface area (Å²) < 4.78 is 13.8. The maximum atomic E-state index is 12.9. The maximum absolute atomic E-state index is 12.9. The molecule has 0 aliphatic carbocycles. The second-order valence-electron chi connectivity index (χ2n) is 6.61. The number of nitrogens with zero attached hydrogens (tertiary/aromatic N) is 1. The van der Waals surface area contributed by atoms with Gasteiger partial charge in [-0.05, 0) is 68.4 Å². The first-order valence-corrected chi connectivity index (χ1v) is 9.63. The van der Waals surface area contributed by atoms with E-state index in [1.165, 1.54) is 24.3 Å². The smallest absolute Gasteiger partial charge is 0.238 e. The van der Waals surface area contributed by atoms with Gasteiger partial charge in [-0.15, -0.1) is 0 Å². The molecule has 5 nitrogen and oxygen atoms in total. The zero-order valence-corrected chi connectivity index (χ0v) is 16.3. The summed E-state index contributed by atoms with van der Waals surface area (Å²) in [6, 6.07) is 13.2. The van der Waals surface area contributed by atoms with Crippen LogP contribution in [0.25, 0.3) is 0 Å². The molecule has 0 radical (unpaired) electrons. The zero-order chi connectivity index (χ0) is 19.2. The first-order valence-electron chi connectivity index (χ1n) is 8.84. The SMILES string of the molecule is O=C(CN1CCC(C(=O)Nc2cccc(Br)c2)CC1)Nc1ccc(F)cc1. The Morgan fingerprint density at radius 3 is 2.41 bits per heavy atom. The monoisotopic (exact) mass is 433 g/mol. The Morgan fingerprint density at radius 1 is 1.04 bits per heavy atom. The number of halogens is 2. The first kappa shape index (κ1) is 19.5. The summed E-state index contributed by atoms with van der Waals surface area (Å²) in [6.45, 7) is 1.64. The van der Waals surface area contributed by atoms with Crippen LogP contribution in [0.1, 0.15) is 12.8 Å². The van der Waals surface area contributed by atoms with Crippen molar-refractivity contribution in [3.8, 4) is 0 Å². The Kier molecular flexibility index (Phi) is 6.58. The van der Waals surface area contributed by atoms with Crippen LogP contribution < -0.4 is 10.6 Å². The Labute approximate surface area is 166 Å². The number of anilines is 2. The second kappa shape index (κ2) is 9.10. The number of hydrogen-bond donors (Lipinski definition) is 2. The van der Waals surface area contributed by atoms with E-state index >= 15 is 0 Å². The molecule has 7 heteroatoms. The molecule has 2 amide bonds. The van der Waals surface area contributed by atoms with Crippen LogP contribution in [-0.2, 0) is 9.59 Å². The molecule has 1 heterocycles. The molecule has 0 unspecified atom stereocenters. The summed E-state index contributed by atoms with van der Waals surface area (Å²) in [5, 5.41) is 5.71. The minimum absolute atomic E-state index is 0.0171. The predicted molar refractivity (Wildman–Crippen MR) is 107 cm³/mol. The lowest BCUT2D eigenvalue weighted by Gasteiger charge is -2.30. The molecule has 2 N–H and O–H groups in total. The van der Waals surface area contributed by atoms with E-state index in [9.17, 15) is 14.0 Å². The van der Waals surface area contributed by atoms with Gasteiger partial charge in [-0.1, -0.05) is 22.0 Å². The van der Waals surface area contributed by atoms with Crippen LogP contribution in [0.15, 0.2) is 53.0 Å². The van der Waals surface area contributed by atoms with E-state index in [1.807, 2.05) is 29.2 Å². The van der Waals surface area contributed by atoms with Crippen molar-refractivity contribution in [2.45, 2.75) is 12.8 Å². The molecule has 0 aromatic heterocycles. The molecular weight excluding hydrogens is 413 g/mol. The lowest BCUT2D eigenvalue weighted by atomic mass is 9.96. The molecule has 1 fully saturated rings. The lowest BCUT2D eigenvalue weighted by molar-refractivity contribution is -0.121. The number of piperidine rings is 1. The van der Waals surface area contributed by atoms with E-state index in [1.54, 1.807) is 0 Å². The topological polar surface area (TPSA) is 61.4 Å². The lowest BCUT2D eigenvalue weighted by Crippen LogP contribution is -2.41. The molecule has 0 spiro atoms. The van der Waals surface area contributed by atoms with Crippen LogP contribution in [0, 0.1) is 11.7 Å². The quantitative estimate of drug-likeness (QED) is 0.751. The molecule has 1 saturated heterocycles. The van der Waals surface area contributed by atoms with Crippen molar-refractivity contribution in [3.05, 3.63) is 58.8 Å². The van der Waals surface area contributed by atoms with Crippen molar-refractivity contribution in [1.29, 1.82) is 0 Å². The van der Waals surface area contributed by atoms with Crippen molar-refractivity contribution >= 4 is 39.1 Å². The van der Waals surface area contributed by atoms with Gasteiger partial charge < -0.3 is 10.6 Å². The minimum atomic E-state index is -0.337. The number of rotatable bonds is 5. The molecule has 27 heavy (non-hydrogen) atoms. The van der Waals surface area contributed by atoms with Gasteiger partial charge in [0, 0.05) is 21.8 Å². The fourth-order valence-electron chi connectivity index (χ4n) is 3.10. The van der Waals surface area contributed by atoms with Crippen LogP contribution in [0.3, 0.4) is 0 Å². The number of nitrogens with one attached hydrogen (secondary N) is 2. The van der Waals surface area contributed by atoms with Crippen LogP contribution in [-0.4, -0.2) is 36.3 Å². The third-order valence-electron chi connectivity index (χ3n) is 4.55. The van der Waals surface area contributed by atoms with Crippen molar-refractivity contribution in [2.75, 3.05) is 30.3 Å². The molecule has 0 atom stereocenters. The van der Waals surface area contributed by atoms with Crippen LogP contribution >= 0.6 is 15.9 Å². The molecule has 142 valence electrons. The van der Waals surface area contributed by atoms with E-state index < -0.39 is 0 Å². The fourth-order valence-corrected chi connectivity index (χ4v) is 3.50. The third-order valence-corrected chi connectivity index (χ3v) is 5.04. The predicted octanol–water partition coefficient (Wildman–Crippen LogP) is 3.88. The van der Waals surface area contributed by atoms with Gasteiger partial charge in [0.1, 0.15) is 5.82 Å². The average Bonchev–Trinajstić information content (AvgIpc) is 2.64. The standard InChI is InChI=1S/C20H21BrFN3O2/c21-15-2-1-3-18(12-15)24-20(27)14-8-10-25(11-9-14)13-19(26)23-17-6-4-16(22)5-7-17/h1-7,12,14H,8-11,13H2,(H,23,26)(H,24,27). The first-order chi connectivity index (χ1) is 13.0. The highest BCUT2D eigenvalue weighted by Gasteiger charge is 2.26. The van der Waals surface area contributed by atoms with E-state index in [2.05, 4.69) is 26.6 Å². The summed E-state index contributed by atoms with van der Waals surface area (Å²) in [5.41, 5.74) is 1.35. The van der Waals surface area contributed by atoms with Crippen LogP contribution in [0.4, 0.5) is 15.8 Å². The minimum Gasteiger partial charge on any atom is -0.326 e. The van der Waals surface area contributed by atoms with Gasteiger partial charge in [-0.2, -0.15) is 0 Å². The average molecular weight is 434 g/mol. The number of carbonyl (C=O) groups excluding carboxylic acids is 2. The largest absolute Gasteiger partial charge is 0.326 e. The molecule has 1 aliphatic rings. The maximum Gasteiger partial charge on any atom is 0.238 e. The highest BCUT2D eigenvalue weighted by Crippen LogP contribution is 2.21. The Hall–Kier alpha value is -2.25. The highest BCUT2D eigenvalue weighted by molar-refractivity contribution is 9.10. The summed E-state index contributed by atoms with van der Waals surface area (Å²) >= 11 is 3.39. The number of carbonyl (C=O) groups is 2. The molecule has 0 bridgehead atoms. The van der Waals surface area contributed by atoms with Gasteiger partial charge in [-0.25, -0.2) is 4.39 Å². The molecular formula is C20H21BrFN3O2. The van der Waals surface area contributed by atoms with E-state index in [0.717, 1.165) is 10.2 Å². The third kappa shape index (κ3) is 5.87. The number of benzene rings is 2. The number of amides is 2. The van der Waals surface area contributed by atoms with Gasteiger partial charge in [0.15, 0.2) is 0 Å². The van der Waals surface area contributed by atoms with Gasteiger partial charge in [0.2, 0.25) is 11.8 Å². The summed E-state index contributed by atoms with van der Waals surface area (Å²) in [7, 11) is 0. The van der Waals surface area contributed by atoms with Gasteiger partial charge in [-0.3, -0.25) is 14.5 Å². The normalized spacial score (nSPS) is 15.3. The van der Waals surface area contributed by atoms with Gasteiger partial charge in [0.25, 0.3) is 0 Å². The molecule has 3 rings (SSSR count). The van der Waals surface area contributed by atoms with E-state index in [0.29, 0.717) is 31.6 Å². The van der Waals surface area contributed by atoms with Gasteiger partial charge >= 0.3 is 0 Å². The van der Waals surface area contributed by atoms with Crippen molar-refractivity contribution < 1.29 is 14.0 Å². The summed E-state index contributed by atoms with van der Waals surface area (Å²) in [4.78, 5) is 26.6. The molecule has 2 aromatic carbocycles. The summed E-state index contributed by atoms with van der Waals surface area (Å²) in [5.74, 6) is -0.515. The molecule has 1 aliphatic heterocycles.